The highest BCUT2D eigenvalue weighted by atomic mass is 16.7. The Kier molecular flexibility index (Phi) is 53.2. The van der Waals surface area contributed by atoms with E-state index in [1.54, 1.807) is 6.08 Å². The molecule has 1 heterocycles. The second kappa shape index (κ2) is 57.0. The number of aliphatic hydroxyl groups excluding tert-OH is 5. The van der Waals surface area contributed by atoms with Gasteiger partial charge in [-0.25, -0.2) is 0 Å². The number of amides is 1. The summed E-state index contributed by atoms with van der Waals surface area (Å²) in [4.78, 5) is 26.6. The van der Waals surface area contributed by atoms with Gasteiger partial charge in [0.2, 0.25) is 5.91 Å². The Morgan fingerprint density at radius 1 is 0.506 bits per heavy atom. The molecule has 1 amide bonds. The fourth-order valence-corrected chi connectivity index (χ4v) is 9.79. The fraction of sp³-hybridized carbons (Fsp3) is 0.743. The molecule has 0 spiro atoms. The largest absolute Gasteiger partial charge is 0.454 e. The number of unbranched alkanes of at least 4 members (excludes halogenated alkanes) is 28. The zero-order chi connectivity index (χ0) is 58.9. The van der Waals surface area contributed by atoms with E-state index in [1.807, 2.05) is 6.08 Å². The van der Waals surface area contributed by atoms with Crippen molar-refractivity contribution in [3.05, 3.63) is 97.2 Å². The van der Waals surface area contributed by atoms with Gasteiger partial charge >= 0.3 is 5.97 Å². The normalized spacial score (nSPS) is 19.3. The van der Waals surface area contributed by atoms with Crippen LogP contribution in [0.25, 0.3) is 0 Å². The lowest BCUT2D eigenvalue weighted by atomic mass is 9.99. The molecule has 1 saturated heterocycles. The van der Waals surface area contributed by atoms with E-state index in [2.05, 4.69) is 111 Å². The van der Waals surface area contributed by atoms with Gasteiger partial charge in [-0.05, 0) is 96.3 Å². The molecule has 0 aromatic carbocycles. The number of nitrogens with one attached hydrogen (secondary N) is 1. The zero-order valence-electron chi connectivity index (χ0n) is 51.6. The molecule has 1 rings (SSSR count). The molecule has 81 heavy (non-hydrogen) atoms. The summed E-state index contributed by atoms with van der Waals surface area (Å²) in [5.41, 5.74) is 0. The maximum absolute atomic E-state index is 13.5. The zero-order valence-corrected chi connectivity index (χ0v) is 51.6. The number of ether oxygens (including phenoxy) is 3. The molecule has 11 heteroatoms. The maximum atomic E-state index is 13.5. The minimum absolute atomic E-state index is 0.106. The number of hydrogen-bond donors (Lipinski definition) is 6. The van der Waals surface area contributed by atoms with E-state index < -0.39 is 67.4 Å². The van der Waals surface area contributed by atoms with Crippen LogP contribution in [-0.2, 0) is 23.8 Å². The van der Waals surface area contributed by atoms with Gasteiger partial charge in [-0.3, -0.25) is 9.59 Å². The molecular weight excluding hydrogens is 1010 g/mol. The quantitative estimate of drug-likeness (QED) is 0.0149. The molecule has 8 unspecified atom stereocenters. The van der Waals surface area contributed by atoms with Gasteiger partial charge < -0.3 is 45.1 Å². The number of aliphatic hydroxyl groups is 5. The molecule has 0 saturated carbocycles. The van der Waals surface area contributed by atoms with Crippen LogP contribution in [0.1, 0.15) is 271 Å². The molecule has 8 atom stereocenters. The highest BCUT2D eigenvalue weighted by Crippen LogP contribution is 2.26. The molecule has 0 aromatic rings. The van der Waals surface area contributed by atoms with Crippen LogP contribution >= 0.6 is 0 Å². The highest BCUT2D eigenvalue weighted by Gasteiger charge is 2.47. The average molecular weight is 1140 g/mol. The first-order valence-electron chi connectivity index (χ1n) is 33.0. The van der Waals surface area contributed by atoms with Crippen molar-refractivity contribution in [2.24, 2.45) is 0 Å². The van der Waals surface area contributed by atoms with Crippen LogP contribution < -0.4 is 5.32 Å². The lowest BCUT2D eigenvalue weighted by Gasteiger charge is -2.41. The topological polar surface area (TPSA) is 175 Å². The van der Waals surface area contributed by atoms with Gasteiger partial charge in [0, 0.05) is 6.42 Å². The van der Waals surface area contributed by atoms with Crippen LogP contribution in [0.5, 0.6) is 0 Å². The van der Waals surface area contributed by atoms with Crippen LogP contribution in [0.3, 0.4) is 0 Å². The maximum Gasteiger partial charge on any atom is 0.306 e. The molecule has 466 valence electrons. The second-order valence-electron chi connectivity index (χ2n) is 22.5. The Morgan fingerprint density at radius 2 is 0.926 bits per heavy atom. The van der Waals surface area contributed by atoms with Crippen molar-refractivity contribution < 1.29 is 49.3 Å². The highest BCUT2D eigenvalue weighted by molar-refractivity contribution is 5.80. The van der Waals surface area contributed by atoms with E-state index in [1.165, 1.54) is 96.3 Å². The SMILES string of the molecule is CC/C=C\C/C=C\C/C=C\C/C=C\C/C=C\CCCCCCCCCCC(O)C(=O)NC(COC1OC(CO)C(O)C(O)C1OC(=O)CCCCCCCC/C=C/C=C/CCCCC)C(O)/C=C/CCCCCCCCCCCCC. The molecule has 0 aliphatic carbocycles. The van der Waals surface area contributed by atoms with Crippen molar-refractivity contribution in [3.63, 3.8) is 0 Å². The number of rotatable bonds is 55. The van der Waals surface area contributed by atoms with Crippen LogP contribution in [0.2, 0.25) is 0 Å². The lowest BCUT2D eigenvalue weighted by molar-refractivity contribution is -0.305. The summed E-state index contributed by atoms with van der Waals surface area (Å²) in [7, 11) is 0. The van der Waals surface area contributed by atoms with Gasteiger partial charge in [-0.2, -0.15) is 0 Å². The Hall–Kier alpha value is -3.42. The van der Waals surface area contributed by atoms with Gasteiger partial charge in [0.25, 0.3) is 0 Å². The van der Waals surface area contributed by atoms with E-state index in [0.29, 0.717) is 12.8 Å². The van der Waals surface area contributed by atoms with Crippen molar-refractivity contribution in [1.29, 1.82) is 0 Å². The summed E-state index contributed by atoms with van der Waals surface area (Å²) in [5, 5.41) is 57.1. The Bertz CT molecular complexity index is 1690. The molecule has 1 fully saturated rings. The number of allylic oxidation sites excluding steroid dienone is 15. The van der Waals surface area contributed by atoms with Gasteiger partial charge in [-0.1, -0.05) is 266 Å². The third-order valence-electron chi connectivity index (χ3n) is 15.0. The number of hydrogen-bond acceptors (Lipinski definition) is 10. The molecule has 1 aliphatic heterocycles. The predicted molar refractivity (Wildman–Crippen MR) is 338 cm³/mol. The standard InChI is InChI=1S/C70H121NO10/c1-4-7-10-13-16-19-22-25-27-28-29-30-31-32-33-34-35-37-39-42-45-48-51-54-57-63(74)69(78)71-61(62(73)56-53-50-47-44-41-38-24-21-18-15-12-9-6-3)60-79-70-68(67(77)66(76)64(59-72)80-70)81-65(75)58-55-52-49-46-43-40-36-26-23-20-17-14-11-8-5-2/h7,10,16-17,19-20,23,25-27,29-30,32-33,53,56,61-64,66-68,70,72-74,76-77H,4-6,8-9,11-15,18,21-22,24,28,31,34-52,54-55,57-60H2,1-3H3,(H,71,78)/b10-7-,19-16-,20-17+,26-23+,27-25-,30-29-,33-32-,56-53+. The summed E-state index contributed by atoms with van der Waals surface area (Å²) in [5.74, 6) is -1.21. The average Bonchev–Trinajstić information content (AvgIpc) is 3.46. The van der Waals surface area contributed by atoms with E-state index >= 15 is 0 Å². The first-order chi connectivity index (χ1) is 39.7. The van der Waals surface area contributed by atoms with Crippen molar-refractivity contribution in [2.45, 2.75) is 320 Å². The smallest absolute Gasteiger partial charge is 0.306 e. The van der Waals surface area contributed by atoms with E-state index in [4.69, 9.17) is 14.2 Å². The molecule has 6 N–H and O–H groups in total. The molecule has 0 bridgehead atoms. The van der Waals surface area contributed by atoms with Gasteiger partial charge in [-0.15, -0.1) is 0 Å². The summed E-state index contributed by atoms with van der Waals surface area (Å²) < 4.78 is 17.6. The number of carbonyl (C=O) groups is 2. The van der Waals surface area contributed by atoms with Crippen LogP contribution in [0.15, 0.2) is 97.2 Å². The van der Waals surface area contributed by atoms with E-state index in [0.717, 1.165) is 128 Å². The van der Waals surface area contributed by atoms with Crippen LogP contribution in [0, 0.1) is 0 Å². The van der Waals surface area contributed by atoms with Gasteiger partial charge in [0.15, 0.2) is 12.4 Å². The molecule has 0 aromatic heterocycles. The van der Waals surface area contributed by atoms with Crippen LogP contribution in [0.4, 0.5) is 0 Å². The van der Waals surface area contributed by atoms with Crippen molar-refractivity contribution in [2.75, 3.05) is 13.2 Å². The molecular formula is C70H121NO10. The summed E-state index contributed by atoms with van der Waals surface area (Å²) in [6, 6.07) is -1.04. The molecule has 0 radical (unpaired) electrons. The van der Waals surface area contributed by atoms with Crippen molar-refractivity contribution in [1.82, 2.24) is 5.32 Å². The summed E-state index contributed by atoms with van der Waals surface area (Å²) in [6.45, 7) is 5.64. The van der Waals surface area contributed by atoms with Gasteiger partial charge in [0.05, 0.1) is 25.4 Å². The Balaban J connectivity index is 2.65. The van der Waals surface area contributed by atoms with Gasteiger partial charge in [0.1, 0.15) is 24.4 Å². The first-order valence-corrected chi connectivity index (χ1v) is 33.0. The van der Waals surface area contributed by atoms with Crippen molar-refractivity contribution in [3.8, 4) is 0 Å². The minimum atomic E-state index is -1.62. The molecule has 1 aliphatic rings. The van der Waals surface area contributed by atoms with E-state index in [9.17, 15) is 35.1 Å². The molecule has 11 nitrogen and oxygen atoms in total. The van der Waals surface area contributed by atoms with Crippen LogP contribution in [-0.4, -0.2) is 99.6 Å². The predicted octanol–water partition coefficient (Wildman–Crippen LogP) is 16.3. The first kappa shape index (κ1) is 75.6. The van der Waals surface area contributed by atoms with E-state index in [-0.39, 0.29) is 19.4 Å². The third kappa shape index (κ3) is 44.7. The number of esters is 1. The minimum Gasteiger partial charge on any atom is -0.454 e. The fourth-order valence-electron chi connectivity index (χ4n) is 9.79. The monoisotopic (exact) mass is 1140 g/mol. The summed E-state index contributed by atoms with van der Waals surface area (Å²) >= 11 is 0. The Labute approximate surface area is 495 Å². The summed E-state index contributed by atoms with van der Waals surface area (Å²) in [6.07, 6.45) is 65.8. The Morgan fingerprint density at radius 3 is 1.43 bits per heavy atom. The number of carbonyl (C=O) groups excluding carboxylic acids is 2. The second-order valence-corrected chi connectivity index (χ2v) is 22.5. The third-order valence-corrected chi connectivity index (χ3v) is 15.0. The van der Waals surface area contributed by atoms with Crippen molar-refractivity contribution >= 4 is 11.9 Å². The lowest BCUT2D eigenvalue weighted by Crippen LogP contribution is -2.61.